The van der Waals surface area contributed by atoms with Crippen molar-refractivity contribution in [2.75, 3.05) is 5.32 Å². The lowest BCUT2D eigenvalue weighted by molar-refractivity contribution is 0.282. The molecule has 19 heavy (non-hydrogen) atoms. The van der Waals surface area contributed by atoms with E-state index in [4.69, 9.17) is 0 Å². The highest BCUT2D eigenvalue weighted by molar-refractivity contribution is 8.01. The van der Waals surface area contributed by atoms with Gasteiger partial charge in [-0.1, -0.05) is 25.1 Å². The SMILES string of the molecule is C[C@H]1CC(Nc2ccccc2CO)c2ccsc2S1. The Bertz CT molecular complexity index is 567. The molecule has 100 valence electrons. The fourth-order valence-electron chi connectivity index (χ4n) is 2.47. The van der Waals surface area contributed by atoms with Crippen LogP contribution in [0, 0.1) is 0 Å². The average Bonchev–Trinajstić information content (AvgIpc) is 2.87. The summed E-state index contributed by atoms with van der Waals surface area (Å²) < 4.78 is 1.43. The van der Waals surface area contributed by atoms with Gasteiger partial charge in [0.25, 0.3) is 0 Å². The normalized spacial score (nSPS) is 22.0. The first kappa shape index (κ1) is 13.0. The number of nitrogens with one attached hydrogen (secondary N) is 1. The topological polar surface area (TPSA) is 32.3 Å². The Kier molecular flexibility index (Phi) is 3.82. The van der Waals surface area contributed by atoms with Gasteiger partial charge in [-0.3, -0.25) is 0 Å². The van der Waals surface area contributed by atoms with Gasteiger partial charge in [-0.15, -0.1) is 23.1 Å². The Labute approximate surface area is 121 Å². The summed E-state index contributed by atoms with van der Waals surface area (Å²) in [5.74, 6) is 0. The maximum atomic E-state index is 9.41. The molecule has 0 amide bonds. The van der Waals surface area contributed by atoms with Gasteiger partial charge in [0.05, 0.1) is 16.9 Å². The van der Waals surface area contributed by atoms with E-state index >= 15 is 0 Å². The predicted octanol–water partition coefficient (Wildman–Crippen LogP) is 4.28. The number of aliphatic hydroxyl groups is 1. The van der Waals surface area contributed by atoms with Crippen LogP contribution in [-0.2, 0) is 6.61 Å². The zero-order valence-electron chi connectivity index (χ0n) is 10.8. The summed E-state index contributed by atoms with van der Waals surface area (Å²) in [5, 5.41) is 15.8. The van der Waals surface area contributed by atoms with E-state index in [0.29, 0.717) is 11.3 Å². The monoisotopic (exact) mass is 291 g/mol. The first-order valence-corrected chi connectivity index (χ1v) is 8.23. The molecule has 1 aliphatic rings. The minimum atomic E-state index is 0.0801. The van der Waals surface area contributed by atoms with Gasteiger partial charge in [0.15, 0.2) is 0 Å². The third-order valence-corrected chi connectivity index (χ3v) is 5.77. The van der Waals surface area contributed by atoms with Crippen molar-refractivity contribution in [3.05, 3.63) is 46.8 Å². The fourth-order valence-corrected chi connectivity index (χ4v) is 5.04. The highest BCUT2D eigenvalue weighted by Crippen LogP contribution is 2.45. The van der Waals surface area contributed by atoms with E-state index in [0.717, 1.165) is 17.7 Å². The summed E-state index contributed by atoms with van der Waals surface area (Å²) in [6, 6.07) is 10.6. The number of fused-ring (bicyclic) bond motifs is 1. The number of thiophene rings is 1. The summed E-state index contributed by atoms with van der Waals surface area (Å²) in [6.07, 6.45) is 1.12. The standard InChI is InChI=1S/C15H17NOS2/c1-10-8-14(12-6-7-18-15(12)19-10)16-13-5-3-2-4-11(13)9-17/h2-7,10,14,16-17H,8-9H2,1H3/t10-,14?/m0/s1. The lowest BCUT2D eigenvalue weighted by atomic mass is 10.0. The molecule has 2 aromatic rings. The van der Waals surface area contributed by atoms with Crippen molar-refractivity contribution in [2.45, 2.75) is 35.5 Å². The van der Waals surface area contributed by atoms with Gasteiger partial charge in [0.2, 0.25) is 0 Å². The second-order valence-electron chi connectivity index (χ2n) is 4.84. The van der Waals surface area contributed by atoms with Gasteiger partial charge < -0.3 is 10.4 Å². The van der Waals surface area contributed by atoms with Crippen LogP contribution in [0.5, 0.6) is 0 Å². The molecular formula is C15H17NOS2. The number of para-hydroxylation sites is 1. The molecule has 1 aliphatic heterocycles. The summed E-state index contributed by atoms with van der Waals surface area (Å²) in [4.78, 5) is 0. The second kappa shape index (κ2) is 5.57. The van der Waals surface area contributed by atoms with E-state index in [1.165, 1.54) is 9.77 Å². The highest BCUT2D eigenvalue weighted by Gasteiger charge is 2.26. The van der Waals surface area contributed by atoms with Crippen LogP contribution in [0.25, 0.3) is 0 Å². The van der Waals surface area contributed by atoms with Gasteiger partial charge in [0.1, 0.15) is 0 Å². The molecule has 0 radical (unpaired) electrons. The van der Waals surface area contributed by atoms with Gasteiger partial charge in [-0.25, -0.2) is 0 Å². The van der Waals surface area contributed by atoms with Crippen molar-refractivity contribution in [3.63, 3.8) is 0 Å². The van der Waals surface area contributed by atoms with Crippen molar-refractivity contribution in [1.82, 2.24) is 0 Å². The third kappa shape index (κ3) is 2.66. The summed E-state index contributed by atoms with van der Waals surface area (Å²) in [7, 11) is 0. The smallest absolute Gasteiger partial charge is 0.0701 e. The molecule has 3 rings (SSSR count). The highest BCUT2D eigenvalue weighted by atomic mass is 32.2. The van der Waals surface area contributed by atoms with E-state index in [1.807, 2.05) is 47.4 Å². The van der Waals surface area contributed by atoms with Crippen molar-refractivity contribution in [1.29, 1.82) is 0 Å². The lowest BCUT2D eigenvalue weighted by Crippen LogP contribution is -2.19. The van der Waals surface area contributed by atoms with E-state index in [-0.39, 0.29) is 6.61 Å². The molecule has 0 saturated heterocycles. The first-order chi connectivity index (χ1) is 9.28. The van der Waals surface area contributed by atoms with Crippen molar-refractivity contribution in [3.8, 4) is 0 Å². The van der Waals surface area contributed by atoms with Gasteiger partial charge >= 0.3 is 0 Å². The molecule has 2 atom stereocenters. The molecule has 0 spiro atoms. The zero-order valence-corrected chi connectivity index (χ0v) is 12.4. The molecule has 0 aliphatic carbocycles. The Balaban J connectivity index is 1.88. The number of aliphatic hydroxyl groups excluding tert-OH is 1. The molecular weight excluding hydrogens is 274 g/mol. The average molecular weight is 291 g/mol. The number of anilines is 1. The first-order valence-electron chi connectivity index (χ1n) is 6.47. The van der Waals surface area contributed by atoms with Crippen LogP contribution in [0.1, 0.15) is 30.5 Å². The molecule has 1 aromatic carbocycles. The minimum absolute atomic E-state index is 0.0801. The van der Waals surface area contributed by atoms with E-state index in [2.05, 4.69) is 23.7 Å². The van der Waals surface area contributed by atoms with Gasteiger partial charge in [-0.05, 0) is 29.5 Å². The molecule has 1 unspecified atom stereocenters. The van der Waals surface area contributed by atoms with Crippen LogP contribution in [0.3, 0.4) is 0 Å². The Morgan fingerprint density at radius 1 is 1.32 bits per heavy atom. The van der Waals surface area contributed by atoms with E-state index < -0.39 is 0 Å². The number of hydrogen-bond acceptors (Lipinski definition) is 4. The third-order valence-electron chi connectivity index (χ3n) is 3.43. The van der Waals surface area contributed by atoms with Crippen LogP contribution >= 0.6 is 23.1 Å². The quantitative estimate of drug-likeness (QED) is 0.885. The van der Waals surface area contributed by atoms with Gasteiger partial charge in [0, 0.05) is 16.5 Å². The van der Waals surface area contributed by atoms with Crippen LogP contribution in [0.2, 0.25) is 0 Å². The lowest BCUT2D eigenvalue weighted by Gasteiger charge is -2.29. The van der Waals surface area contributed by atoms with Crippen LogP contribution in [0.4, 0.5) is 5.69 Å². The molecule has 1 aromatic heterocycles. The van der Waals surface area contributed by atoms with E-state index in [9.17, 15) is 5.11 Å². The second-order valence-corrected chi connectivity index (χ2v) is 7.46. The molecule has 2 heterocycles. The number of thioether (sulfide) groups is 1. The predicted molar refractivity (Wildman–Crippen MR) is 83.0 cm³/mol. The van der Waals surface area contributed by atoms with E-state index in [1.54, 1.807) is 0 Å². The number of rotatable bonds is 3. The molecule has 0 fully saturated rings. The minimum Gasteiger partial charge on any atom is -0.392 e. The van der Waals surface area contributed by atoms with Crippen LogP contribution in [-0.4, -0.2) is 10.4 Å². The summed E-state index contributed by atoms with van der Waals surface area (Å²) in [6.45, 7) is 2.36. The Morgan fingerprint density at radius 2 is 2.16 bits per heavy atom. The summed E-state index contributed by atoms with van der Waals surface area (Å²) in [5.41, 5.74) is 3.41. The number of hydrogen-bond donors (Lipinski definition) is 2. The van der Waals surface area contributed by atoms with Crippen LogP contribution in [0.15, 0.2) is 39.9 Å². The molecule has 2 N–H and O–H groups in total. The molecule has 0 bridgehead atoms. The number of benzene rings is 1. The zero-order chi connectivity index (χ0) is 13.2. The van der Waals surface area contributed by atoms with Crippen molar-refractivity contribution >= 4 is 28.8 Å². The van der Waals surface area contributed by atoms with Crippen molar-refractivity contribution < 1.29 is 5.11 Å². The Morgan fingerprint density at radius 3 is 3.00 bits per heavy atom. The fraction of sp³-hybridized carbons (Fsp3) is 0.333. The maximum absolute atomic E-state index is 9.41. The van der Waals surface area contributed by atoms with Crippen LogP contribution < -0.4 is 5.32 Å². The maximum Gasteiger partial charge on any atom is 0.0701 e. The van der Waals surface area contributed by atoms with Crippen molar-refractivity contribution in [2.24, 2.45) is 0 Å². The molecule has 2 nitrogen and oxygen atoms in total. The largest absolute Gasteiger partial charge is 0.392 e. The Hall–Kier alpha value is -0.970. The molecule has 4 heteroatoms. The van der Waals surface area contributed by atoms with Gasteiger partial charge in [-0.2, -0.15) is 0 Å². The molecule has 0 saturated carbocycles. The summed E-state index contributed by atoms with van der Waals surface area (Å²) >= 11 is 3.80.